The molecule has 29 heavy (non-hydrogen) atoms. The highest BCUT2D eigenvalue weighted by Gasteiger charge is 2.31. The zero-order valence-electron chi connectivity index (χ0n) is 14.8. The maximum absolute atomic E-state index is 12.3. The van der Waals surface area contributed by atoms with Crippen LogP contribution in [0.4, 0.5) is 18.9 Å². The van der Waals surface area contributed by atoms with Gasteiger partial charge in [0.2, 0.25) is 0 Å². The Morgan fingerprint density at radius 3 is 2.48 bits per heavy atom. The van der Waals surface area contributed by atoms with Crippen LogP contribution in [-0.4, -0.2) is 35.7 Å². The number of nitrogen functional groups attached to an aromatic ring is 1. The molecule has 0 fully saturated rings. The van der Waals surface area contributed by atoms with Crippen LogP contribution in [0.5, 0.6) is 5.75 Å². The summed E-state index contributed by atoms with van der Waals surface area (Å²) >= 11 is 0. The van der Waals surface area contributed by atoms with Gasteiger partial charge in [0.25, 0.3) is 5.91 Å². The van der Waals surface area contributed by atoms with Crippen LogP contribution in [0.25, 0.3) is 0 Å². The predicted molar refractivity (Wildman–Crippen MR) is 97.9 cm³/mol. The molecule has 0 atom stereocenters. The highest BCUT2D eigenvalue weighted by Crippen LogP contribution is 2.23. The lowest BCUT2D eigenvalue weighted by Gasteiger charge is -2.14. The van der Waals surface area contributed by atoms with Gasteiger partial charge in [-0.05, 0) is 29.8 Å². The molecule has 154 valence electrons. The number of rotatable bonds is 8. The first-order chi connectivity index (χ1) is 13.5. The van der Waals surface area contributed by atoms with Gasteiger partial charge in [-0.3, -0.25) is 15.0 Å². The molecule has 0 aromatic heterocycles. The minimum Gasteiger partial charge on any atom is -0.480 e. The van der Waals surface area contributed by atoms with Crippen molar-refractivity contribution in [2.45, 2.75) is 12.9 Å². The van der Waals surface area contributed by atoms with Crippen molar-refractivity contribution in [3.63, 3.8) is 0 Å². The van der Waals surface area contributed by atoms with Crippen LogP contribution in [0, 0.1) is 5.41 Å². The summed E-state index contributed by atoms with van der Waals surface area (Å²) < 4.78 is 40.7. The van der Waals surface area contributed by atoms with Gasteiger partial charge in [-0.1, -0.05) is 18.2 Å². The molecule has 8 nitrogen and oxygen atoms in total. The normalized spacial score (nSPS) is 10.9. The number of ether oxygens (including phenoxy) is 1. The van der Waals surface area contributed by atoms with Crippen LogP contribution in [0.2, 0.25) is 0 Å². The van der Waals surface area contributed by atoms with E-state index in [1.54, 1.807) is 6.07 Å². The molecule has 0 aliphatic heterocycles. The molecule has 0 heterocycles. The first-order valence-electron chi connectivity index (χ1n) is 8.12. The molecule has 0 bridgehead atoms. The van der Waals surface area contributed by atoms with E-state index in [2.05, 4.69) is 15.4 Å². The molecule has 6 N–H and O–H groups in total. The van der Waals surface area contributed by atoms with Crippen molar-refractivity contribution in [1.82, 2.24) is 5.32 Å². The number of benzene rings is 2. The van der Waals surface area contributed by atoms with Crippen LogP contribution >= 0.6 is 0 Å². The molecule has 0 aliphatic rings. The Morgan fingerprint density at radius 1 is 1.14 bits per heavy atom. The molecule has 1 amide bonds. The maximum Gasteiger partial charge on any atom is 0.573 e. The Hall–Kier alpha value is -3.76. The minimum atomic E-state index is -4.88. The van der Waals surface area contributed by atoms with Crippen LogP contribution < -0.4 is 21.1 Å². The maximum atomic E-state index is 12.3. The number of amidine groups is 1. The highest BCUT2D eigenvalue weighted by atomic mass is 19.4. The summed E-state index contributed by atoms with van der Waals surface area (Å²) in [6, 6.07) is 9.12. The molecule has 2 aromatic rings. The van der Waals surface area contributed by atoms with E-state index in [0.29, 0.717) is 16.8 Å². The third kappa shape index (κ3) is 6.72. The number of nitrogens with two attached hydrogens (primary N) is 1. The highest BCUT2D eigenvalue weighted by molar-refractivity contribution is 5.96. The van der Waals surface area contributed by atoms with Gasteiger partial charge in [-0.2, -0.15) is 0 Å². The number of nitrogens with one attached hydrogen (secondary N) is 3. The monoisotopic (exact) mass is 410 g/mol. The fourth-order valence-corrected chi connectivity index (χ4v) is 2.35. The Morgan fingerprint density at radius 2 is 1.86 bits per heavy atom. The van der Waals surface area contributed by atoms with Crippen LogP contribution in [0.3, 0.4) is 0 Å². The number of carbonyl (C=O) groups is 2. The Labute approximate surface area is 163 Å². The number of carboxylic acids is 1. The van der Waals surface area contributed by atoms with Crippen molar-refractivity contribution < 1.29 is 32.6 Å². The number of hydrogen-bond donors (Lipinski definition) is 5. The topological polar surface area (TPSA) is 138 Å². The summed E-state index contributed by atoms with van der Waals surface area (Å²) in [6.07, 6.45) is -4.88. The van der Waals surface area contributed by atoms with Crippen molar-refractivity contribution in [2.75, 3.05) is 11.9 Å². The van der Waals surface area contributed by atoms with Gasteiger partial charge >= 0.3 is 12.3 Å². The van der Waals surface area contributed by atoms with E-state index in [-0.39, 0.29) is 17.9 Å². The standard InChI is InChI=1S/C18H17F3N4O4/c19-18(20,21)29-13-3-1-2-11(6-13)17(28)25-8-12-5-4-10(16(22)23)7-14(12)24-9-15(26)27/h1-7,24H,8-9H2,(H3,22,23)(H,25,28)(H,26,27). The van der Waals surface area contributed by atoms with Crippen molar-refractivity contribution in [3.8, 4) is 5.75 Å². The largest absolute Gasteiger partial charge is 0.573 e. The van der Waals surface area contributed by atoms with E-state index >= 15 is 0 Å². The molecular weight excluding hydrogens is 393 g/mol. The van der Waals surface area contributed by atoms with E-state index in [1.807, 2.05) is 0 Å². The molecule has 0 unspecified atom stereocenters. The number of halogens is 3. The number of amides is 1. The molecule has 0 aliphatic carbocycles. The molecule has 0 saturated carbocycles. The lowest BCUT2D eigenvalue weighted by molar-refractivity contribution is -0.274. The lowest BCUT2D eigenvalue weighted by atomic mass is 10.1. The summed E-state index contributed by atoms with van der Waals surface area (Å²) in [4.78, 5) is 23.1. The number of carboxylic acid groups (broad SMARTS) is 1. The summed E-state index contributed by atoms with van der Waals surface area (Å²) in [5.41, 5.74) is 6.56. The third-order valence-corrected chi connectivity index (χ3v) is 3.62. The fraction of sp³-hybridized carbons (Fsp3) is 0.167. The number of carbonyl (C=O) groups excluding carboxylic acids is 1. The number of alkyl halides is 3. The van der Waals surface area contributed by atoms with Crippen molar-refractivity contribution in [1.29, 1.82) is 5.41 Å². The van der Waals surface area contributed by atoms with E-state index < -0.39 is 30.5 Å². The van der Waals surface area contributed by atoms with Gasteiger partial charge in [0.05, 0.1) is 0 Å². The fourth-order valence-electron chi connectivity index (χ4n) is 2.35. The molecule has 0 radical (unpaired) electrons. The van der Waals surface area contributed by atoms with E-state index in [0.717, 1.165) is 12.1 Å². The zero-order valence-corrected chi connectivity index (χ0v) is 14.8. The zero-order chi connectivity index (χ0) is 21.6. The minimum absolute atomic E-state index is 0.0489. The lowest BCUT2D eigenvalue weighted by Crippen LogP contribution is -2.24. The van der Waals surface area contributed by atoms with Crippen molar-refractivity contribution in [2.24, 2.45) is 5.73 Å². The molecule has 0 spiro atoms. The van der Waals surface area contributed by atoms with Gasteiger partial charge in [-0.15, -0.1) is 13.2 Å². The first-order valence-corrected chi connectivity index (χ1v) is 8.12. The second-order valence-electron chi connectivity index (χ2n) is 5.79. The average Bonchev–Trinajstić information content (AvgIpc) is 2.63. The summed E-state index contributed by atoms with van der Waals surface area (Å²) in [5, 5.41) is 21.5. The van der Waals surface area contributed by atoms with Gasteiger partial charge < -0.3 is 26.2 Å². The summed E-state index contributed by atoms with van der Waals surface area (Å²) in [5.74, 6) is -2.52. The van der Waals surface area contributed by atoms with Crippen LogP contribution in [-0.2, 0) is 11.3 Å². The van der Waals surface area contributed by atoms with E-state index in [9.17, 15) is 22.8 Å². The van der Waals surface area contributed by atoms with Gasteiger partial charge in [0.1, 0.15) is 18.1 Å². The Bertz CT molecular complexity index is 932. The third-order valence-electron chi connectivity index (χ3n) is 3.62. The summed E-state index contributed by atoms with van der Waals surface area (Å²) in [6.45, 7) is -0.456. The van der Waals surface area contributed by atoms with E-state index in [4.69, 9.17) is 16.2 Å². The molecule has 0 saturated heterocycles. The number of anilines is 1. The molecule has 11 heteroatoms. The smallest absolute Gasteiger partial charge is 0.480 e. The van der Waals surface area contributed by atoms with Crippen molar-refractivity contribution >= 4 is 23.4 Å². The number of hydrogen-bond acceptors (Lipinski definition) is 5. The second kappa shape index (κ2) is 8.95. The second-order valence-corrected chi connectivity index (χ2v) is 5.79. The van der Waals surface area contributed by atoms with Crippen molar-refractivity contribution in [3.05, 3.63) is 59.2 Å². The quantitative estimate of drug-likeness (QED) is 0.334. The Balaban J connectivity index is 2.14. The molecular formula is C18H17F3N4O4. The van der Waals surface area contributed by atoms with Crippen LogP contribution in [0.1, 0.15) is 21.5 Å². The summed E-state index contributed by atoms with van der Waals surface area (Å²) in [7, 11) is 0. The number of aliphatic carboxylic acids is 1. The SMILES string of the molecule is N=C(N)c1ccc(CNC(=O)c2cccc(OC(F)(F)F)c2)c(NCC(=O)O)c1. The Kier molecular flexibility index (Phi) is 6.65. The average molecular weight is 410 g/mol. The molecule has 2 rings (SSSR count). The van der Waals surface area contributed by atoms with Crippen LogP contribution in [0.15, 0.2) is 42.5 Å². The molecule has 2 aromatic carbocycles. The predicted octanol–water partition coefficient (Wildman–Crippen LogP) is 2.30. The van der Waals surface area contributed by atoms with E-state index in [1.165, 1.54) is 24.3 Å². The van der Waals surface area contributed by atoms with Gasteiger partial charge in [-0.25, -0.2) is 0 Å². The van der Waals surface area contributed by atoms with Gasteiger partial charge in [0.15, 0.2) is 0 Å². The first kappa shape index (κ1) is 21.5. The van der Waals surface area contributed by atoms with Gasteiger partial charge in [0, 0.05) is 23.4 Å².